The van der Waals surface area contributed by atoms with Gasteiger partial charge in [-0.25, -0.2) is 0 Å². The Kier molecular flexibility index (Phi) is 8.99. The van der Waals surface area contributed by atoms with Crippen LogP contribution in [-0.4, -0.2) is 42.5 Å². The number of ether oxygens (including phenoxy) is 2. The fraction of sp³-hybridized carbons (Fsp3) is 0.391. The zero-order valence-electron chi connectivity index (χ0n) is 17.9. The molecule has 0 radical (unpaired) electrons. The minimum atomic E-state index is -0.629. The van der Waals surface area contributed by atoms with E-state index in [1.807, 2.05) is 39.0 Å². The quantitative estimate of drug-likeness (QED) is 0.614. The van der Waals surface area contributed by atoms with E-state index < -0.39 is 6.04 Å². The third-order valence-corrected chi connectivity index (χ3v) is 4.91. The van der Waals surface area contributed by atoms with Gasteiger partial charge >= 0.3 is 0 Å². The van der Waals surface area contributed by atoms with E-state index in [2.05, 4.69) is 5.32 Å². The molecular formula is C23H29ClN2O4. The van der Waals surface area contributed by atoms with Gasteiger partial charge in [0.15, 0.2) is 6.61 Å². The maximum absolute atomic E-state index is 13.1. The lowest BCUT2D eigenvalue weighted by Crippen LogP contribution is -2.51. The van der Waals surface area contributed by atoms with Gasteiger partial charge in [0.25, 0.3) is 5.91 Å². The number of hydrogen-bond acceptors (Lipinski definition) is 4. The number of halogens is 1. The molecule has 0 fully saturated rings. The largest absolute Gasteiger partial charge is 0.497 e. The second kappa shape index (κ2) is 11.5. The normalized spacial score (nSPS) is 11.7. The Labute approximate surface area is 183 Å². The van der Waals surface area contributed by atoms with Crippen LogP contribution in [0.1, 0.15) is 32.8 Å². The molecule has 0 aliphatic heterocycles. The Hall–Kier alpha value is -2.73. The molecule has 2 aromatic rings. The van der Waals surface area contributed by atoms with Crippen molar-refractivity contribution < 1.29 is 19.1 Å². The van der Waals surface area contributed by atoms with Crippen LogP contribution in [0.4, 0.5) is 0 Å². The molecule has 6 nitrogen and oxygen atoms in total. The molecule has 0 saturated carbocycles. The van der Waals surface area contributed by atoms with Crippen LogP contribution in [0.3, 0.4) is 0 Å². The predicted octanol–water partition coefficient (Wildman–Crippen LogP) is 4.06. The van der Waals surface area contributed by atoms with E-state index >= 15 is 0 Å². The number of nitrogens with one attached hydrogen (secondary N) is 1. The summed E-state index contributed by atoms with van der Waals surface area (Å²) >= 11 is 6.30. The summed E-state index contributed by atoms with van der Waals surface area (Å²) in [6, 6.07) is 13.6. The van der Waals surface area contributed by atoms with Crippen molar-refractivity contribution >= 4 is 23.4 Å². The van der Waals surface area contributed by atoms with Gasteiger partial charge in [-0.15, -0.1) is 0 Å². The van der Waals surface area contributed by atoms with Crippen LogP contribution in [0.5, 0.6) is 11.5 Å². The van der Waals surface area contributed by atoms with E-state index in [0.717, 1.165) is 5.56 Å². The lowest BCUT2D eigenvalue weighted by atomic mass is 10.1. The summed E-state index contributed by atoms with van der Waals surface area (Å²) < 4.78 is 10.8. The summed E-state index contributed by atoms with van der Waals surface area (Å²) in [5.74, 6) is 0.751. The molecular weight excluding hydrogens is 404 g/mol. The number of nitrogens with zero attached hydrogens (tertiary/aromatic N) is 1. The van der Waals surface area contributed by atoms with E-state index in [0.29, 0.717) is 22.9 Å². The van der Waals surface area contributed by atoms with E-state index in [1.165, 1.54) is 4.90 Å². The molecule has 0 heterocycles. The predicted molar refractivity (Wildman–Crippen MR) is 118 cm³/mol. The highest BCUT2D eigenvalue weighted by molar-refractivity contribution is 6.31. The van der Waals surface area contributed by atoms with Crippen molar-refractivity contribution in [3.8, 4) is 11.5 Å². The molecule has 2 rings (SSSR count). The average Bonchev–Trinajstić information content (AvgIpc) is 2.73. The maximum Gasteiger partial charge on any atom is 0.261 e. The first kappa shape index (κ1) is 23.5. The maximum atomic E-state index is 13.1. The van der Waals surface area contributed by atoms with Gasteiger partial charge < -0.3 is 19.7 Å². The molecule has 162 valence electrons. The fourth-order valence-corrected chi connectivity index (χ4v) is 3.21. The van der Waals surface area contributed by atoms with Gasteiger partial charge in [0.2, 0.25) is 5.91 Å². The van der Waals surface area contributed by atoms with Crippen LogP contribution in [0.2, 0.25) is 5.02 Å². The Morgan fingerprint density at radius 2 is 1.70 bits per heavy atom. The molecule has 0 saturated heterocycles. The molecule has 2 amide bonds. The van der Waals surface area contributed by atoms with Crippen LogP contribution in [0.15, 0.2) is 48.5 Å². The van der Waals surface area contributed by atoms with Gasteiger partial charge in [0.05, 0.1) is 7.11 Å². The van der Waals surface area contributed by atoms with E-state index in [1.54, 1.807) is 37.4 Å². The molecule has 1 unspecified atom stereocenters. The Morgan fingerprint density at radius 1 is 1.07 bits per heavy atom. The number of carbonyl (C=O) groups excluding carboxylic acids is 2. The van der Waals surface area contributed by atoms with Gasteiger partial charge in [0, 0.05) is 17.6 Å². The average molecular weight is 433 g/mol. The Balaban J connectivity index is 2.20. The van der Waals surface area contributed by atoms with Crippen LogP contribution in [0.25, 0.3) is 0 Å². The van der Waals surface area contributed by atoms with Crippen LogP contribution < -0.4 is 14.8 Å². The van der Waals surface area contributed by atoms with Gasteiger partial charge in [-0.1, -0.05) is 36.7 Å². The number of benzene rings is 2. The lowest BCUT2D eigenvalue weighted by Gasteiger charge is -2.31. The highest BCUT2D eigenvalue weighted by atomic mass is 35.5. The highest BCUT2D eigenvalue weighted by Gasteiger charge is 2.29. The molecule has 30 heavy (non-hydrogen) atoms. The topological polar surface area (TPSA) is 67.9 Å². The van der Waals surface area contributed by atoms with Crippen molar-refractivity contribution in [1.29, 1.82) is 0 Å². The highest BCUT2D eigenvalue weighted by Crippen LogP contribution is 2.21. The van der Waals surface area contributed by atoms with Crippen molar-refractivity contribution in [2.75, 3.05) is 13.7 Å². The number of rotatable bonds is 10. The summed E-state index contributed by atoms with van der Waals surface area (Å²) in [5.41, 5.74) is 0.771. The van der Waals surface area contributed by atoms with Crippen molar-refractivity contribution in [3.63, 3.8) is 0 Å². The van der Waals surface area contributed by atoms with E-state index in [-0.39, 0.29) is 31.0 Å². The van der Waals surface area contributed by atoms with Crippen molar-refractivity contribution in [1.82, 2.24) is 10.2 Å². The number of carbonyl (C=O) groups is 2. The summed E-state index contributed by atoms with van der Waals surface area (Å²) in [5, 5.41) is 3.44. The smallest absolute Gasteiger partial charge is 0.261 e. The van der Waals surface area contributed by atoms with Crippen LogP contribution in [0, 0.1) is 0 Å². The van der Waals surface area contributed by atoms with Crippen molar-refractivity contribution in [2.24, 2.45) is 0 Å². The van der Waals surface area contributed by atoms with Crippen LogP contribution >= 0.6 is 11.6 Å². The molecule has 1 N–H and O–H groups in total. The van der Waals surface area contributed by atoms with Gasteiger partial charge in [-0.2, -0.15) is 0 Å². The lowest BCUT2D eigenvalue weighted by molar-refractivity contribution is -0.143. The molecule has 0 aromatic heterocycles. The van der Waals surface area contributed by atoms with Gasteiger partial charge in [0.1, 0.15) is 17.5 Å². The van der Waals surface area contributed by atoms with Crippen molar-refractivity contribution in [2.45, 2.75) is 45.8 Å². The third-order valence-electron chi connectivity index (χ3n) is 4.54. The zero-order valence-corrected chi connectivity index (χ0v) is 18.6. The Bertz CT molecular complexity index is 839. The monoisotopic (exact) mass is 432 g/mol. The van der Waals surface area contributed by atoms with Gasteiger partial charge in [-0.3, -0.25) is 9.59 Å². The molecule has 0 aliphatic carbocycles. The van der Waals surface area contributed by atoms with E-state index in [9.17, 15) is 9.59 Å². The minimum absolute atomic E-state index is 0.0284. The molecule has 0 aliphatic rings. The fourth-order valence-electron chi connectivity index (χ4n) is 3.01. The molecule has 1 atom stereocenters. The minimum Gasteiger partial charge on any atom is -0.497 e. The SMILES string of the molecule is CCC(C(=O)NC(C)C)N(Cc1ccccc1Cl)C(=O)COc1ccc(OC)cc1. The second-order valence-corrected chi connectivity index (χ2v) is 7.57. The first-order chi connectivity index (χ1) is 14.3. The first-order valence-electron chi connectivity index (χ1n) is 9.95. The molecule has 0 bridgehead atoms. The summed E-state index contributed by atoms with van der Waals surface area (Å²) in [6.07, 6.45) is 0.470. The third kappa shape index (κ3) is 6.66. The molecule has 0 spiro atoms. The summed E-state index contributed by atoms with van der Waals surface area (Å²) in [4.78, 5) is 27.4. The van der Waals surface area contributed by atoms with Gasteiger partial charge in [-0.05, 0) is 56.2 Å². The van der Waals surface area contributed by atoms with E-state index in [4.69, 9.17) is 21.1 Å². The standard InChI is InChI=1S/C23H29ClN2O4/c1-5-21(23(28)25-16(2)3)26(14-17-8-6-7-9-20(17)24)22(27)15-30-19-12-10-18(29-4)11-13-19/h6-13,16,21H,5,14-15H2,1-4H3,(H,25,28). The number of methoxy groups -OCH3 is 1. The summed E-state index contributed by atoms with van der Waals surface area (Å²) in [7, 11) is 1.58. The number of amides is 2. The zero-order chi connectivity index (χ0) is 22.1. The van der Waals surface area contributed by atoms with Crippen molar-refractivity contribution in [3.05, 3.63) is 59.1 Å². The molecule has 7 heteroatoms. The summed E-state index contributed by atoms with van der Waals surface area (Å²) in [6.45, 7) is 5.67. The first-order valence-corrected chi connectivity index (χ1v) is 10.3. The van der Waals surface area contributed by atoms with Crippen LogP contribution in [-0.2, 0) is 16.1 Å². The molecule has 2 aromatic carbocycles. The number of hydrogen-bond donors (Lipinski definition) is 1. The second-order valence-electron chi connectivity index (χ2n) is 7.16. The Morgan fingerprint density at radius 3 is 2.27 bits per heavy atom.